The molecule has 0 spiro atoms. The Labute approximate surface area is 105 Å². The van der Waals surface area contributed by atoms with Crippen LogP contribution in [-0.4, -0.2) is 15.7 Å². The normalized spacial score (nSPS) is 10.5. The van der Waals surface area contributed by atoms with Crippen molar-refractivity contribution in [3.05, 3.63) is 35.3 Å². The number of aromatic nitrogens is 2. The van der Waals surface area contributed by atoms with Gasteiger partial charge in [-0.05, 0) is 49.6 Å². The lowest BCUT2D eigenvalue weighted by Gasteiger charge is -2.10. The summed E-state index contributed by atoms with van der Waals surface area (Å²) in [6.45, 7) is 4.73. The molecule has 2 rings (SSSR count). The van der Waals surface area contributed by atoms with Crippen LogP contribution in [0.15, 0.2) is 29.6 Å². The summed E-state index contributed by atoms with van der Waals surface area (Å²) in [5, 5.41) is 9.18. The van der Waals surface area contributed by atoms with Crippen LogP contribution in [0.2, 0.25) is 0 Å². The Bertz CT molecular complexity index is 439. The summed E-state index contributed by atoms with van der Waals surface area (Å²) in [5.74, 6) is 0.890. The van der Waals surface area contributed by atoms with Crippen LogP contribution in [0, 0.1) is 0 Å². The van der Waals surface area contributed by atoms with E-state index < -0.39 is 0 Å². The van der Waals surface area contributed by atoms with Gasteiger partial charge in [-0.1, -0.05) is 4.49 Å². The van der Waals surface area contributed by atoms with Gasteiger partial charge in [-0.3, -0.25) is 0 Å². The van der Waals surface area contributed by atoms with Crippen LogP contribution in [0.4, 0.5) is 5.69 Å². The lowest BCUT2D eigenvalue weighted by Crippen LogP contribution is -2.05. The van der Waals surface area contributed by atoms with Crippen molar-refractivity contribution >= 4 is 17.2 Å². The Kier molecular flexibility index (Phi) is 3.93. The van der Waals surface area contributed by atoms with Crippen molar-refractivity contribution in [2.75, 3.05) is 5.32 Å². The highest BCUT2D eigenvalue weighted by atomic mass is 32.1. The Morgan fingerprint density at radius 3 is 2.65 bits per heavy atom. The van der Waals surface area contributed by atoms with Crippen LogP contribution in [-0.2, 0) is 6.54 Å². The average Bonchev–Trinajstić information content (AvgIpc) is 2.80. The van der Waals surface area contributed by atoms with E-state index >= 15 is 0 Å². The zero-order valence-electron chi connectivity index (χ0n) is 9.88. The number of ether oxygens (including phenoxy) is 1. The number of hydrogen-bond donors (Lipinski definition) is 1. The van der Waals surface area contributed by atoms with Gasteiger partial charge in [-0.15, -0.1) is 5.10 Å². The fraction of sp³-hybridized carbons (Fsp3) is 0.333. The topological polar surface area (TPSA) is 47.0 Å². The zero-order valence-corrected chi connectivity index (χ0v) is 10.7. The molecule has 0 saturated carbocycles. The van der Waals surface area contributed by atoms with Crippen LogP contribution < -0.4 is 10.1 Å². The predicted octanol–water partition coefficient (Wildman–Crippen LogP) is 2.94. The molecule has 5 heteroatoms. The fourth-order valence-electron chi connectivity index (χ4n) is 1.38. The number of nitrogens with one attached hydrogen (secondary N) is 1. The van der Waals surface area contributed by atoms with Crippen molar-refractivity contribution in [3.63, 3.8) is 0 Å². The van der Waals surface area contributed by atoms with Gasteiger partial charge in [0, 0.05) is 11.1 Å². The van der Waals surface area contributed by atoms with Crippen molar-refractivity contribution in [2.45, 2.75) is 26.5 Å². The van der Waals surface area contributed by atoms with Crippen LogP contribution >= 0.6 is 11.5 Å². The molecule has 1 aromatic carbocycles. The second kappa shape index (κ2) is 5.63. The molecule has 1 N–H and O–H groups in total. The molecule has 1 heterocycles. The quantitative estimate of drug-likeness (QED) is 0.885. The maximum atomic E-state index is 5.57. The number of rotatable bonds is 5. The minimum atomic E-state index is 0.204. The second-order valence-corrected chi connectivity index (χ2v) is 4.55. The van der Waals surface area contributed by atoms with Crippen LogP contribution in [0.3, 0.4) is 0 Å². The number of benzene rings is 1. The molecule has 0 aliphatic heterocycles. The minimum absolute atomic E-state index is 0.204. The summed E-state index contributed by atoms with van der Waals surface area (Å²) >= 11 is 1.36. The van der Waals surface area contributed by atoms with Gasteiger partial charge in [0.1, 0.15) is 5.75 Å². The van der Waals surface area contributed by atoms with E-state index in [0.29, 0.717) is 6.54 Å². The first-order valence-electron chi connectivity index (χ1n) is 5.50. The maximum absolute atomic E-state index is 5.57. The highest BCUT2D eigenvalue weighted by Crippen LogP contribution is 2.17. The van der Waals surface area contributed by atoms with Crippen molar-refractivity contribution in [1.82, 2.24) is 9.59 Å². The van der Waals surface area contributed by atoms with Gasteiger partial charge in [0.15, 0.2) is 0 Å². The fourth-order valence-corrected chi connectivity index (χ4v) is 1.83. The molecular formula is C12H15N3OS. The summed E-state index contributed by atoms with van der Waals surface area (Å²) in [6.07, 6.45) is 0.204. The first-order valence-corrected chi connectivity index (χ1v) is 6.34. The van der Waals surface area contributed by atoms with Crippen molar-refractivity contribution in [1.29, 1.82) is 0 Å². The summed E-state index contributed by atoms with van der Waals surface area (Å²) in [7, 11) is 0. The van der Waals surface area contributed by atoms with Gasteiger partial charge in [0.2, 0.25) is 0 Å². The molecule has 4 nitrogen and oxygen atoms in total. The van der Waals surface area contributed by atoms with Gasteiger partial charge in [0.25, 0.3) is 0 Å². The third kappa shape index (κ3) is 3.71. The van der Waals surface area contributed by atoms with Gasteiger partial charge in [-0.25, -0.2) is 0 Å². The molecule has 0 atom stereocenters. The van der Waals surface area contributed by atoms with E-state index in [0.717, 1.165) is 17.1 Å². The third-order valence-electron chi connectivity index (χ3n) is 2.10. The van der Waals surface area contributed by atoms with E-state index in [4.69, 9.17) is 4.74 Å². The smallest absolute Gasteiger partial charge is 0.119 e. The minimum Gasteiger partial charge on any atom is -0.491 e. The van der Waals surface area contributed by atoms with E-state index in [-0.39, 0.29) is 6.10 Å². The lowest BCUT2D eigenvalue weighted by atomic mass is 10.3. The van der Waals surface area contributed by atoms with E-state index in [1.807, 2.05) is 43.5 Å². The number of nitrogens with zero attached hydrogens (tertiary/aromatic N) is 2. The Balaban J connectivity index is 1.89. The molecule has 0 bridgehead atoms. The molecule has 0 aliphatic carbocycles. The van der Waals surface area contributed by atoms with Crippen molar-refractivity contribution in [2.24, 2.45) is 0 Å². The van der Waals surface area contributed by atoms with Gasteiger partial charge >= 0.3 is 0 Å². The van der Waals surface area contributed by atoms with Crippen molar-refractivity contribution in [3.8, 4) is 5.75 Å². The number of anilines is 1. The molecule has 1 aromatic heterocycles. The summed E-state index contributed by atoms with van der Waals surface area (Å²) in [6, 6.07) is 7.91. The van der Waals surface area contributed by atoms with Crippen LogP contribution in [0.5, 0.6) is 5.75 Å². The summed E-state index contributed by atoms with van der Waals surface area (Å²) < 4.78 is 9.38. The second-order valence-electron chi connectivity index (χ2n) is 3.94. The molecule has 90 valence electrons. The third-order valence-corrected chi connectivity index (χ3v) is 2.66. The monoisotopic (exact) mass is 249 g/mol. The van der Waals surface area contributed by atoms with Gasteiger partial charge < -0.3 is 10.1 Å². The molecule has 0 saturated heterocycles. The van der Waals surface area contributed by atoms with E-state index in [1.165, 1.54) is 11.5 Å². The van der Waals surface area contributed by atoms with E-state index in [1.54, 1.807) is 0 Å². The molecule has 0 aliphatic rings. The molecular weight excluding hydrogens is 234 g/mol. The first-order chi connectivity index (χ1) is 8.24. The largest absolute Gasteiger partial charge is 0.491 e. The first kappa shape index (κ1) is 11.9. The molecule has 0 unspecified atom stereocenters. The predicted molar refractivity (Wildman–Crippen MR) is 69.4 cm³/mol. The summed E-state index contributed by atoms with van der Waals surface area (Å²) in [5.41, 5.74) is 2.01. The molecule has 0 radical (unpaired) electrons. The van der Waals surface area contributed by atoms with Gasteiger partial charge in [0.05, 0.1) is 18.3 Å². The Morgan fingerprint density at radius 2 is 2.06 bits per heavy atom. The summed E-state index contributed by atoms with van der Waals surface area (Å²) in [4.78, 5) is 0. The Morgan fingerprint density at radius 1 is 1.29 bits per heavy atom. The van der Waals surface area contributed by atoms with E-state index in [2.05, 4.69) is 14.9 Å². The zero-order chi connectivity index (χ0) is 12.1. The highest BCUT2D eigenvalue weighted by molar-refractivity contribution is 7.03. The van der Waals surface area contributed by atoms with Crippen LogP contribution in [0.1, 0.15) is 19.5 Å². The number of hydrogen-bond acceptors (Lipinski definition) is 5. The average molecular weight is 249 g/mol. The van der Waals surface area contributed by atoms with Crippen LogP contribution in [0.25, 0.3) is 0 Å². The molecule has 0 amide bonds. The SMILES string of the molecule is CC(C)Oc1ccc(NCc2csnn2)cc1. The molecule has 0 fully saturated rings. The molecule has 2 aromatic rings. The van der Waals surface area contributed by atoms with Crippen molar-refractivity contribution < 1.29 is 4.74 Å². The molecule has 17 heavy (non-hydrogen) atoms. The standard InChI is InChI=1S/C12H15N3OS/c1-9(2)16-12-5-3-10(4-6-12)13-7-11-8-17-15-14-11/h3-6,8-9,13H,7H2,1-2H3. The van der Waals surface area contributed by atoms with Gasteiger partial charge in [-0.2, -0.15) is 0 Å². The van der Waals surface area contributed by atoms with E-state index in [9.17, 15) is 0 Å². The Hall–Kier alpha value is -1.62. The maximum Gasteiger partial charge on any atom is 0.119 e. The lowest BCUT2D eigenvalue weighted by molar-refractivity contribution is 0.242. The highest BCUT2D eigenvalue weighted by Gasteiger charge is 1.99.